The number of likely N-dealkylation sites (tertiary alicyclic amines) is 2. The molecule has 0 bridgehead atoms. The number of alkyl halides is 1. The molecule has 4 rings (SSSR count). The molecule has 0 spiro atoms. The maximum absolute atomic E-state index is 13.9. The van der Waals surface area contributed by atoms with Gasteiger partial charge in [-0.1, -0.05) is 6.92 Å². The van der Waals surface area contributed by atoms with Gasteiger partial charge in [0.05, 0.1) is 18.4 Å². The van der Waals surface area contributed by atoms with Crippen LogP contribution in [0.2, 0.25) is 0 Å². The highest BCUT2D eigenvalue weighted by Crippen LogP contribution is 2.33. The van der Waals surface area contributed by atoms with Gasteiger partial charge < -0.3 is 19.1 Å². The maximum atomic E-state index is 13.9. The van der Waals surface area contributed by atoms with Gasteiger partial charge in [0.25, 0.3) is 17.4 Å². The number of aliphatic imine (C=N–C) groups is 2. The average molecular weight is 417 g/mol. The lowest BCUT2D eigenvalue weighted by atomic mass is 10.0. The topological polar surface area (TPSA) is 96.6 Å². The van der Waals surface area contributed by atoms with E-state index >= 15 is 0 Å². The summed E-state index contributed by atoms with van der Waals surface area (Å²) in [6.07, 6.45) is 0.113. The van der Waals surface area contributed by atoms with Crippen LogP contribution in [-0.2, 0) is 11.8 Å². The Hall–Kier alpha value is -3.04. The third-order valence-electron chi connectivity index (χ3n) is 6.02. The Morgan fingerprint density at radius 1 is 1.20 bits per heavy atom. The van der Waals surface area contributed by atoms with Crippen molar-refractivity contribution in [3.05, 3.63) is 28.2 Å². The third kappa shape index (κ3) is 3.40. The van der Waals surface area contributed by atoms with Crippen molar-refractivity contribution in [2.75, 3.05) is 33.3 Å². The minimum atomic E-state index is -1.74. The monoisotopic (exact) mass is 417 g/mol. The Kier molecular flexibility index (Phi) is 5.17. The van der Waals surface area contributed by atoms with Gasteiger partial charge in [0.2, 0.25) is 12.1 Å². The molecule has 10 heteroatoms. The number of nitrogens with zero attached hydrogens (tertiary/aromatic N) is 5. The zero-order valence-electron chi connectivity index (χ0n) is 17.2. The first-order valence-electron chi connectivity index (χ1n) is 9.95. The number of ether oxygens (including phenoxy) is 1. The van der Waals surface area contributed by atoms with Crippen molar-refractivity contribution in [1.82, 2.24) is 14.4 Å². The van der Waals surface area contributed by atoms with E-state index in [1.807, 2.05) is 4.90 Å². The number of aryl methyl sites for hydroxylation is 1. The van der Waals surface area contributed by atoms with E-state index in [1.54, 1.807) is 18.9 Å². The molecule has 0 saturated carbocycles. The van der Waals surface area contributed by atoms with Crippen LogP contribution in [0, 0.1) is 11.8 Å². The molecule has 3 unspecified atom stereocenters. The molecule has 3 atom stereocenters. The van der Waals surface area contributed by atoms with Crippen LogP contribution in [0.5, 0.6) is 5.75 Å². The number of hydrogen-bond acceptors (Lipinski definition) is 6. The Labute approximate surface area is 172 Å². The smallest absolute Gasteiger partial charge is 0.289 e. The summed E-state index contributed by atoms with van der Waals surface area (Å²) in [5.74, 6) is -0.0354. The lowest BCUT2D eigenvalue weighted by Gasteiger charge is -2.25. The fourth-order valence-corrected chi connectivity index (χ4v) is 4.34. The summed E-state index contributed by atoms with van der Waals surface area (Å²) in [6.45, 7) is 4.05. The Bertz CT molecular complexity index is 1000. The molecule has 9 nitrogen and oxygen atoms in total. The van der Waals surface area contributed by atoms with E-state index in [0.717, 1.165) is 0 Å². The molecule has 0 N–H and O–H groups in total. The van der Waals surface area contributed by atoms with Gasteiger partial charge in [0.15, 0.2) is 0 Å². The van der Waals surface area contributed by atoms with Gasteiger partial charge >= 0.3 is 0 Å². The molecular formula is C20H24FN5O4. The zero-order chi connectivity index (χ0) is 21.6. The zero-order valence-corrected chi connectivity index (χ0v) is 17.2. The number of rotatable bonds is 3. The number of carbonyl (C=O) groups excluding carboxylic acids is 2. The van der Waals surface area contributed by atoms with E-state index < -0.39 is 12.1 Å². The fourth-order valence-electron chi connectivity index (χ4n) is 4.34. The number of carbonyl (C=O) groups is 2. The summed E-state index contributed by atoms with van der Waals surface area (Å²) in [5, 5.41) is 0. The van der Waals surface area contributed by atoms with E-state index in [0.29, 0.717) is 38.2 Å². The number of pyridine rings is 1. The van der Waals surface area contributed by atoms with Gasteiger partial charge in [-0.15, -0.1) is 0 Å². The number of fused-ring (bicyclic) bond motifs is 1. The summed E-state index contributed by atoms with van der Waals surface area (Å²) >= 11 is 0. The lowest BCUT2D eigenvalue weighted by Crippen LogP contribution is -2.39. The number of guanidine groups is 1. The van der Waals surface area contributed by atoms with Crippen molar-refractivity contribution < 1.29 is 18.7 Å². The highest BCUT2D eigenvalue weighted by molar-refractivity contribution is 6.17. The molecule has 0 aliphatic carbocycles. The van der Waals surface area contributed by atoms with Gasteiger partial charge in [-0.05, 0) is 6.42 Å². The summed E-state index contributed by atoms with van der Waals surface area (Å²) in [4.78, 5) is 48.4. The van der Waals surface area contributed by atoms with Crippen molar-refractivity contribution in [3.8, 4) is 5.75 Å². The molecule has 2 amide bonds. The van der Waals surface area contributed by atoms with E-state index in [4.69, 9.17) is 4.74 Å². The quantitative estimate of drug-likeness (QED) is 0.713. The van der Waals surface area contributed by atoms with Crippen LogP contribution < -0.4 is 10.3 Å². The van der Waals surface area contributed by atoms with E-state index in [1.165, 1.54) is 23.9 Å². The largest absolute Gasteiger partial charge is 0.496 e. The second kappa shape index (κ2) is 7.66. The van der Waals surface area contributed by atoms with Crippen LogP contribution in [0.4, 0.5) is 4.39 Å². The summed E-state index contributed by atoms with van der Waals surface area (Å²) in [7, 11) is 3.02. The van der Waals surface area contributed by atoms with Crippen molar-refractivity contribution in [1.29, 1.82) is 0 Å². The maximum Gasteiger partial charge on any atom is 0.289 e. The Morgan fingerprint density at radius 3 is 2.47 bits per heavy atom. The van der Waals surface area contributed by atoms with Crippen LogP contribution in [0.15, 0.2) is 27.0 Å². The van der Waals surface area contributed by atoms with E-state index in [2.05, 4.69) is 9.98 Å². The van der Waals surface area contributed by atoms with E-state index in [9.17, 15) is 18.8 Å². The molecule has 30 heavy (non-hydrogen) atoms. The van der Waals surface area contributed by atoms with Gasteiger partial charge in [-0.25, -0.2) is 9.38 Å². The number of hydrogen-bond donors (Lipinski definition) is 0. The first kappa shape index (κ1) is 20.2. The number of halogens is 1. The second-order valence-corrected chi connectivity index (χ2v) is 7.91. The Balaban J connectivity index is 1.47. The van der Waals surface area contributed by atoms with Gasteiger partial charge in [0, 0.05) is 57.3 Å². The first-order chi connectivity index (χ1) is 14.3. The molecular weight excluding hydrogens is 393 g/mol. The molecule has 160 valence electrons. The molecule has 2 saturated heterocycles. The number of methoxy groups -OCH3 is 1. The van der Waals surface area contributed by atoms with Crippen LogP contribution in [0.1, 0.15) is 23.7 Å². The lowest BCUT2D eigenvalue weighted by molar-refractivity contribution is -0.120. The highest BCUT2D eigenvalue weighted by atomic mass is 19.1. The summed E-state index contributed by atoms with van der Waals surface area (Å²) in [6, 6.07) is 1.31. The summed E-state index contributed by atoms with van der Waals surface area (Å²) in [5.41, 5.74) is 0.313. The van der Waals surface area contributed by atoms with Gasteiger partial charge in [-0.2, -0.15) is 4.99 Å². The van der Waals surface area contributed by atoms with Gasteiger partial charge in [-0.3, -0.25) is 14.4 Å². The van der Waals surface area contributed by atoms with Crippen molar-refractivity contribution in [2.24, 2.45) is 28.9 Å². The third-order valence-corrected chi connectivity index (χ3v) is 6.02. The molecule has 2 fully saturated rings. The predicted molar refractivity (Wildman–Crippen MR) is 108 cm³/mol. The first-order valence-corrected chi connectivity index (χ1v) is 9.95. The van der Waals surface area contributed by atoms with Crippen LogP contribution in [-0.4, -0.2) is 77.3 Å². The summed E-state index contributed by atoms with van der Waals surface area (Å²) < 4.78 is 20.5. The highest BCUT2D eigenvalue weighted by Gasteiger charge is 2.44. The molecule has 0 radical (unpaired) electrons. The van der Waals surface area contributed by atoms with Crippen LogP contribution in [0.3, 0.4) is 0 Å². The molecule has 3 aliphatic heterocycles. The van der Waals surface area contributed by atoms with Crippen molar-refractivity contribution in [2.45, 2.75) is 19.5 Å². The SMILES string of the molecule is CCC1=NC(N2CC3CN(C(=O)c4cn(C)c(=O)cc4OC)CC3C2)=NC(=O)C1F. The second-order valence-electron chi connectivity index (χ2n) is 7.91. The normalized spacial score (nSPS) is 25.9. The molecule has 1 aromatic heterocycles. The minimum absolute atomic E-state index is 0.180. The average Bonchev–Trinajstić information content (AvgIpc) is 3.30. The van der Waals surface area contributed by atoms with Gasteiger partial charge in [0.1, 0.15) is 5.75 Å². The van der Waals surface area contributed by atoms with Crippen molar-refractivity contribution in [3.63, 3.8) is 0 Å². The number of amides is 2. The molecule has 3 aliphatic rings. The molecule has 0 aromatic carbocycles. The predicted octanol–water partition coefficient (Wildman–Crippen LogP) is 0.483. The number of aromatic nitrogens is 1. The van der Waals surface area contributed by atoms with Crippen molar-refractivity contribution >= 4 is 23.5 Å². The van der Waals surface area contributed by atoms with Crippen LogP contribution >= 0.6 is 0 Å². The molecule has 1 aromatic rings. The van der Waals surface area contributed by atoms with E-state index in [-0.39, 0.29) is 40.7 Å². The fraction of sp³-hybridized carbons (Fsp3) is 0.550. The van der Waals surface area contributed by atoms with Crippen LogP contribution in [0.25, 0.3) is 0 Å². The standard InChI is InChI=1S/C20H24FN5O4/c1-4-14-17(21)18(28)23-20(22-14)26-8-11-6-25(7-12(11)9-26)19(29)13-10-24(2)16(27)5-15(13)30-3/h5,10-12,17H,4,6-9H2,1-3H3. The minimum Gasteiger partial charge on any atom is -0.496 e. The Morgan fingerprint density at radius 2 is 1.87 bits per heavy atom. The molecule has 4 heterocycles.